The number of hydrazine groups is 2. The maximum absolute atomic E-state index is 4.21. The molecule has 6 nitrogen and oxygen atoms in total. The van der Waals surface area contributed by atoms with Gasteiger partial charge in [0.05, 0.1) is 29.6 Å². The molecule has 0 atom stereocenters. The number of nitrogens with zero attached hydrogens (tertiary/aromatic N) is 5. The zero-order valence-electron chi connectivity index (χ0n) is 13.0. The Morgan fingerprint density at radius 2 is 1.33 bits per heavy atom. The Morgan fingerprint density at radius 3 is 1.79 bits per heavy atom. The highest BCUT2D eigenvalue weighted by Crippen LogP contribution is 2.21. The highest BCUT2D eigenvalue weighted by atomic mass is 32.1. The van der Waals surface area contributed by atoms with E-state index in [1.807, 2.05) is 35.1 Å². The van der Waals surface area contributed by atoms with Gasteiger partial charge in [0.25, 0.3) is 0 Å². The molecule has 24 heavy (non-hydrogen) atoms. The minimum atomic E-state index is 0.576. The van der Waals surface area contributed by atoms with Crippen molar-refractivity contribution in [1.29, 1.82) is 0 Å². The molecule has 4 heterocycles. The van der Waals surface area contributed by atoms with Gasteiger partial charge in [-0.05, 0) is 12.3 Å². The smallest absolute Gasteiger partial charge is 0.0794 e. The zero-order chi connectivity index (χ0) is 16.2. The summed E-state index contributed by atoms with van der Waals surface area (Å²) in [5.41, 5.74) is 9.25. The second-order valence-corrected chi connectivity index (χ2v) is 8.75. The van der Waals surface area contributed by atoms with Crippen LogP contribution in [-0.4, -0.2) is 38.1 Å². The molecule has 0 saturated carbocycles. The van der Waals surface area contributed by atoms with Crippen molar-refractivity contribution in [3.05, 3.63) is 49.8 Å². The number of rotatable bonds is 6. The molecule has 1 aliphatic rings. The first-order valence-electron chi connectivity index (χ1n) is 7.73. The summed E-state index contributed by atoms with van der Waals surface area (Å²) in [6.07, 6.45) is 6.97. The Balaban J connectivity index is 1.44. The van der Waals surface area contributed by atoms with Gasteiger partial charge in [-0.1, -0.05) is 0 Å². The topological polar surface area (TPSA) is 57.2 Å². The van der Waals surface area contributed by atoms with E-state index in [9.17, 15) is 0 Å². The van der Waals surface area contributed by atoms with Gasteiger partial charge >= 0.3 is 0 Å². The molecule has 0 radical (unpaired) electrons. The lowest BCUT2D eigenvalue weighted by Crippen LogP contribution is -2.58. The van der Waals surface area contributed by atoms with Crippen molar-refractivity contribution >= 4 is 34.0 Å². The van der Waals surface area contributed by atoms with Crippen LogP contribution in [0.2, 0.25) is 0 Å². The third kappa shape index (κ3) is 4.24. The standard InChI is InChI=1S/C15H18N6S3/c1(13-2-16-9-22-13)12-5-20(7-14-3-17-10-23-14)19-21(6-12)8-15-4-18-11-24-15/h2-4,9-12,19H,1,5-8H2. The summed E-state index contributed by atoms with van der Waals surface area (Å²) < 4.78 is 0. The summed E-state index contributed by atoms with van der Waals surface area (Å²) in [5.74, 6) is 0.576. The van der Waals surface area contributed by atoms with Gasteiger partial charge in [0.1, 0.15) is 0 Å². The molecule has 0 aliphatic carbocycles. The summed E-state index contributed by atoms with van der Waals surface area (Å²) in [5, 5.41) is 4.59. The lowest BCUT2D eigenvalue weighted by molar-refractivity contribution is -0.0528. The monoisotopic (exact) mass is 378 g/mol. The summed E-state index contributed by atoms with van der Waals surface area (Å²) >= 11 is 5.15. The highest BCUT2D eigenvalue weighted by molar-refractivity contribution is 7.10. The van der Waals surface area contributed by atoms with E-state index in [1.165, 1.54) is 14.6 Å². The summed E-state index contributed by atoms with van der Waals surface area (Å²) in [6, 6.07) is 0. The number of hydrogen-bond acceptors (Lipinski definition) is 9. The van der Waals surface area contributed by atoms with E-state index >= 15 is 0 Å². The Morgan fingerprint density at radius 1 is 0.833 bits per heavy atom. The van der Waals surface area contributed by atoms with Crippen LogP contribution in [0.5, 0.6) is 0 Å². The normalized spacial score (nSPS) is 17.5. The molecule has 4 rings (SSSR count). The first-order valence-corrected chi connectivity index (χ1v) is 10.4. The lowest BCUT2D eigenvalue weighted by atomic mass is 10.0. The van der Waals surface area contributed by atoms with Gasteiger partial charge in [-0.25, -0.2) is 10.0 Å². The maximum atomic E-state index is 4.21. The summed E-state index contributed by atoms with van der Waals surface area (Å²) in [7, 11) is 0. The number of hydrogen-bond donors (Lipinski definition) is 1. The van der Waals surface area contributed by atoms with E-state index in [4.69, 9.17) is 0 Å². The van der Waals surface area contributed by atoms with Gasteiger partial charge in [-0.15, -0.1) is 34.0 Å². The molecule has 1 saturated heterocycles. The minimum Gasteiger partial charge on any atom is -0.253 e. The molecule has 0 spiro atoms. The summed E-state index contributed by atoms with van der Waals surface area (Å²) in [4.78, 5) is 16.5. The number of nitrogens with one attached hydrogen (secondary N) is 1. The van der Waals surface area contributed by atoms with Crippen molar-refractivity contribution in [2.45, 2.75) is 19.5 Å². The van der Waals surface area contributed by atoms with Crippen LogP contribution in [0.3, 0.4) is 0 Å². The van der Waals surface area contributed by atoms with Gasteiger partial charge in [-0.2, -0.15) is 5.53 Å². The third-order valence-corrected chi connectivity index (χ3v) is 6.20. The predicted molar refractivity (Wildman–Crippen MR) is 97.5 cm³/mol. The van der Waals surface area contributed by atoms with Crippen LogP contribution in [0, 0.1) is 5.92 Å². The molecular weight excluding hydrogens is 360 g/mol. The Hall–Kier alpha value is -1.23. The molecule has 1 aliphatic heterocycles. The van der Waals surface area contributed by atoms with E-state index in [0.29, 0.717) is 5.92 Å². The van der Waals surface area contributed by atoms with Gasteiger partial charge in [-0.3, -0.25) is 15.0 Å². The largest absolute Gasteiger partial charge is 0.253 e. The molecule has 0 amide bonds. The first-order chi connectivity index (χ1) is 11.8. The SMILES string of the molecule is c1ncc(CC2CN(Cc3cncs3)NN(Cc3cncs3)C2)s1. The van der Waals surface area contributed by atoms with Gasteiger partial charge in [0.2, 0.25) is 0 Å². The van der Waals surface area contributed by atoms with Crippen LogP contribution in [0.25, 0.3) is 0 Å². The second-order valence-electron chi connectivity index (χ2n) is 5.83. The van der Waals surface area contributed by atoms with Crippen molar-refractivity contribution in [2.24, 2.45) is 5.92 Å². The predicted octanol–water partition coefficient (Wildman–Crippen LogP) is 2.65. The Kier molecular flexibility index (Phi) is 5.26. The average Bonchev–Trinajstić information content (AvgIpc) is 3.30. The van der Waals surface area contributed by atoms with Crippen molar-refractivity contribution in [3.8, 4) is 0 Å². The van der Waals surface area contributed by atoms with Crippen LogP contribution in [0.4, 0.5) is 0 Å². The van der Waals surface area contributed by atoms with E-state index in [1.54, 1.807) is 34.0 Å². The van der Waals surface area contributed by atoms with E-state index in [-0.39, 0.29) is 0 Å². The van der Waals surface area contributed by atoms with Crippen molar-refractivity contribution < 1.29 is 0 Å². The average molecular weight is 379 g/mol. The van der Waals surface area contributed by atoms with Crippen molar-refractivity contribution in [1.82, 2.24) is 30.5 Å². The molecule has 0 unspecified atom stereocenters. The molecular formula is C15H18N6S3. The molecule has 1 fully saturated rings. The fourth-order valence-corrected chi connectivity index (χ4v) is 4.86. The quantitative estimate of drug-likeness (QED) is 0.712. The lowest BCUT2D eigenvalue weighted by Gasteiger charge is -2.40. The van der Waals surface area contributed by atoms with Gasteiger partial charge in [0.15, 0.2) is 0 Å². The maximum Gasteiger partial charge on any atom is 0.0794 e. The van der Waals surface area contributed by atoms with Crippen molar-refractivity contribution in [2.75, 3.05) is 13.1 Å². The van der Waals surface area contributed by atoms with Gasteiger partial charge in [0, 0.05) is 46.3 Å². The zero-order valence-corrected chi connectivity index (χ0v) is 15.5. The van der Waals surface area contributed by atoms with Crippen LogP contribution in [0.1, 0.15) is 14.6 Å². The first kappa shape index (κ1) is 16.2. The van der Waals surface area contributed by atoms with E-state index in [0.717, 1.165) is 32.6 Å². The summed E-state index contributed by atoms with van der Waals surface area (Å²) in [6.45, 7) is 3.80. The number of aromatic nitrogens is 3. The van der Waals surface area contributed by atoms with Crippen LogP contribution < -0.4 is 5.53 Å². The Bertz CT molecular complexity index is 606. The molecule has 1 N–H and O–H groups in total. The molecule has 9 heteroatoms. The Labute approximate surface area is 152 Å². The second kappa shape index (κ2) is 7.77. The van der Waals surface area contributed by atoms with Gasteiger partial charge < -0.3 is 0 Å². The van der Waals surface area contributed by atoms with Crippen LogP contribution in [0.15, 0.2) is 35.1 Å². The fourth-order valence-electron chi connectivity index (χ4n) is 2.94. The molecule has 0 bridgehead atoms. The van der Waals surface area contributed by atoms with Crippen molar-refractivity contribution in [3.63, 3.8) is 0 Å². The van der Waals surface area contributed by atoms with E-state index in [2.05, 4.69) is 30.5 Å². The molecule has 3 aromatic rings. The third-order valence-electron chi connectivity index (χ3n) is 3.87. The molecule has 0 aromatic carbocycles. The highest BCUT2D eigenvalue weighted by Gasteiger charge is 2.26. The van der Waals surface area contributed by atoms with E-state index < -0.39 is 0 Å². The fraction of sp³-hybridized carbons (Fsp3) is 0.400. The molecule has 126 valence electrons. The van der Waals surface area contributed by atoms with Crippen LogP contribution in [-0.2, 0) is 19.5 Å². The number of thiazole rings is 3. The minimum absolute atomic E-state index is 0.576. The molecule has 3 aromatic heterocycles. The van der Waals surface area contributed by atoms with Crippen LogP contribution >= 0.6 is 34.0 Å².